The monoisotopic (exact) mass is 392 g/mol. The number of carbonyl (C=O) groups excluding carboxylic acids is 1. The minimum Gasteiger partial charge on any atom is -0.465 e. The number of aryl methyl sites for hydroxylation is 1. The Labute approximate surface area is 157 Å². The smallest absolute Gasteiger partial charge is 0.329 e. The van der Waals surface area contributed by atoms with Crippen LogP contribution in [0.1, 0.15) is 24.1 Å². The second kappa shape index (κ2) is 7.95. The summed E-state index contributed by atoms with van der Waals surface area (Å²) in [5.74, 6) is 0.204. The fourth-order valence-electron chi connectivity index (χ4n) is 2.58. The first-order valence-electron chi connectivity index (χ1n) is 8.31. The van der Waals surface area contributed by atoms with Crippen molar-refractivity contribution < 1.29 is 27.4 Å². The first kappa shape index (κ1) is 19.2. The lowest BCUT2D eigenvalue weighted by Gasteiger charge is -2.19. The van der Waals surface area contributed by atoms with Crippen molar-refractivity contribution in [3.63, 3.8) is 0 Å². The van der Waals surface area contributed by atoms with Gasteiger partial charge in [0.05, 0.1) is 11.5 Å². The number of nitrogens with one attached hydrogen (secondary N) is 2. The molecule has 1 heterocycles. The van der Waals surface area contributed by atoms with Crippen molar-refractivity contribution in [2.24, 2.45) is 0 Å². The molecule has 1 aliphatic heterocycles. The Hall–Kier alpha value is -2.62. The molecule has 2 aromatic carbocycles. The van der Waals surface area contributed by atoms with Crippen LogP contribution in [0.25, 0.3) is 0 Å². The van der Waals surface area contributed by atoms with Crippen LogP contribution >= 0.6 is 0 Å². The molecule has 144 valence electrons. The highest BCUT2D eigenvalue weighted by Gasteiger charge is 2.30. The molecule has 0 spiro atoms. The Morgan fingerprint density at radius 1 is 1.19 bits per heavy atom. The third kappa shape index (κ3) is 4.21. The second-order valence-corrected chi connectivity index (χ2v) is 7.51. The summed E-state index contributed by atoms with van der Waals surface area (Å²) in [6, 6.07) is 10.3. The number of fused-ring (bicyclic) bond motifs is 1. The van der Waals surface area contributed by atoms with E-state index in [2.05, 4.69) is 10.3 Å². The lowest BCUT2D eigenvalue weighted by molar-refractivity contribution is -0.146. The third-order valence-corrected chi connectivity index (χ3v) is 5.21. The molecule has 0 amide bonds. The van der Waals surface area contributed by atoms with Crippen molar-refractivity contribution in [3.05, 3.63) is 53.6 Å². The van der Waals surface area contributed by atoms with E-state index in [1.807, 2.05) is 6.92 Å². The SMILES string of the molecule is CCOC(=O)C(NNS(=O)(=O)c1ccc(C)cc1)c1cccc2c1OCO2. The summed E-state index contributed by atoms with van der Waals surface area (Å²) in [6.45, 7) is 3.70. The standard InChI is InChI=1S/C18H20N2O6S/c1-3-24-18(21)16(14-5-4-6-15-17(14)26-11-25-15)19-20-27(22,23)13-9-7-12(2)8-10-13/h4-10,16,19-20H,3,11H2,1-2H3. The minimum absolute atomic E-state index is 0.0248. The van der Waals surface area contributed by atoms with Crippen LogP contribution in [0.15, 0.2) is 47.4 Å². The van der Waals surface area contributed by atoms with Gasteiger partial charge in [-0.15, -0.1) is 4.83 Å². The highest BCUT2D eigenvalue weighted by Crippen LogP contribution is 2.38. The molecule has 27 heavy (non-hydrogen) atoms. The summed E-state index contributed by atoms with van der Waals surface area (Å²) in [7, 11) is -3.88. The molecule has 2 aromatic rings. The number of ether oxygens (including phenoxy) is 3. The number of hydrogen-bond acceptors (Lipinski definition) is 7. The lowest BCUT2D eigenvalue weighted by atomic mass is 10.1. The van der Waals surface area contributed by atoms with E-state index in [9.17, 15) is 13.2 Å². The molecule has 0 aromatic heterocycles. The zero-order valence-electron chi connectivity index (χ0n) is 14.9. The van der Waals surface area contributed by atoms with Crippen molar-refractivity contribution in [2.45, 2.75) is 24.8 Å². The van der Waals surface area contributed by atoms with Crippen LogP contribution in [0.3, 0.4) is 0 Å². The first-order valence-corrected chi connectivity index (χ1v) is 9.80. The summed E-state index contributed by atoms with van der Waals surface area (Å²) in [5, 5.41) is 0. The van der Waals surface area contributed by atoms with E-state index in [0.717, 1.165) is 5.56 Å². The largest absolute Gasteiger partial charge is 0.465 e. The van der Waals surface area contributed by atoms with Crippen LogP contribution in [-0.2, 0) is 19.6 Å². The quantitative estimate of drug-likeness (QED) is 0.547. The van der Waals surface area contributed by atoms with E-state index in [4.69, 9.17) is 14.2 Å². The van der Waals surface area contributed by atoms with E-state index in [0.29, 0.717) is 17.1 Å². The van der Waals surface area contributed by atoms with E-state index < -0.39 is 22.0 Å². The molecular weight excluding hydrogens is 372 g/mol. The van der Waals surface area contributed by atoms with Crippen LogP contribution in [0, 0.1) is 6.92 Å². The van der Waals surface area contributed by atoms with Crippen LogP contribution in [0.4, 0.5) is 0 Å². The molecule has 3 rings (SSSR count). The highest BCUT2D eigenvalue weighted by atomic mass is 32.2. The molecule has 0 saturated carbocycles. The Bertz CT molecular complexity index is 927. The van der Waals surface area contributed by atoms with Gasteiger partial charge in [0.1, 0.15) is 6.04 Å². The van der Waals surface area contributed by atoms with Gasteiger partial charge in [-0.3, -0.25) is 0 Å². The molecule has 1 atom stereocenters. The van der Waals surface area contributed by atoms with Crippen LogP contribution in [0.5, 0.6) is 11.5 Å². The van der Waals surface area contributed by atoms with Crippen molar-refractivity contribution in [1.82, 2.24) is 10.3 Å². The normalized spacial score (nSPS) is 14.0. The van der Waals surface area contributed by atoms with Crippen molar-refractivity contribution in [3.8, 4) is 11.5 Å². The number of carbonyl (C=O) groups is 1. The lowest BCUT2D eigenvalue weighted by Crippen LogP contribution is -2.43. The third-order valence-electron chi connectivity index (χ3n) is 3.93. The minimum atomic E-state index is -3.88. The fraction of sp³-hybridized carbons (Fsp3) is 0.278. The molecule has 1 unspecified atom stereocenters. The molecule has 0 fully saturated rings. The summed E-state index contributed by atoms with van der Waals surface area (Å²) < 4.78 is 40.8. The van der Waals surface area contributed by atoms with Gasteiger partial charge < -0.3 is 14.2 Å². The topological polar surface area (TPSA) is 103 Å². The number of para-hydroxylation sites is 1. The van der Waals surface area contributed by atoms with E-state index in [1.165, 1.54) is 12.1 Å². The van der Waals surface area contributed by atoms with Gasteiger partial charge in [0.15, 0.2) is 11.5 Å². The maximum Gasteiger partial charge on any atom is 0.329 e. The Kier molecular flexibility index (Phi) is 5.64. The number of sulfonamides is 1. The molecule has 1 aliphatic rings. The van der Waals surface area contributed by atoms with Crippen molar-refractivity contribution >= 4 is 16.0 Å². The van der Waals surface area contributed by atoms with Crippen molar-refractivity contribution in [2.75, 3.05) is 13.4 Å². The zero-order valence-corrected chi connectivity index (χ0v) is 15.7. The highest BCUT2D eigenvalue weighted by molar-refractivity contribution is 7.89. The summed E-state index contributed by atoms with van der Waals surface area (Å²) >= 11 is 0. The molecule has 8 nitrogen and oxygen atoms in total. The van der Waals surface area contributed by atoms with Gasteiger partial charge in [0, 0.05) is 5.56 Å². The number of benzene rings is 2. The summed E-state index contributed by atoms with van der Waals surface area (Å²) in [5.41, 5.74) is 3.90. The predicted octanol–water partition coefficient (Wildman–Crippen LogP) is 1.81. The molecule has 0 saturated heterocycles. The number of esters is 1. The van der Waals surface area contributed by atoms with Gasteiger partial charge in [-0.05, 0) is 32.0 Å². The predicted molar refractivity (Wildman–Crippen MR) is 96.6 cm³/mol. The molecule has 0 aliphatic carbocycles. The summed E-state index contributed by atoms with van der Waals surface area (Å²) in [6.07, 6.45) is 0. The van der Waals surface area contributed by atoms with Crippen LogP contribution < -0.4 is 19.7 Å². The number of hydrogen-bond donors (Lipinski definition) is 2. The molecule has 2 N–H and O–H groups in total. The molecule has 0 bridgehead atoms. The van der Waals surface area contributed by atoms with E-state index in [1.54, 1.807) is 37.3 Å². The maximum atomic E-state index is 12.5. The van der Waals surface area contributed by atoms with Gasteiger partial charge in [-0.2, -0.15) is 0 Å². The van der Waals surface area contributed by atoms with E-state index >= 15 is 0 Å². The van der Waals surface area contributed by atoms with Gasteiger partial charge in [-0.1, -0.05) is 29.8 Å². The average molecular weight is 392 g/mol. The van der Waals surface area contributed by atoms with E-state index in [-0.39, 0.29) is 18.3 Å². The maximum absolute atomic E-state index is 12.5. The molecular formula is C18H20N2O6S. The van der Waals surface area contributed by atoms with Gasteiger partial charge >= 0.3 is 5.97 Å². The Morgan fingerprint density at radius 3 is 2.63 bits per heavy atom. The first-order chi connectivity index (χ1) is 12.9. The van der Waals surface area contributed by atoms with Crippen molar-refractivity contribution in [1.29, 1.82) is 0 Å². The Balaban J connectivity index is 1.86. The second-order valence-electron chi connectivity index (χ2n) is 5.83. The van der Waals surface area contributed by atoms with Crippen LogP contribution in [-0.4, -0.2) is 27.8 Å². The zero-order chi connectivity index (χ0) is 19.4. The summed E-state index contributed by atoms with van der Waals surface area (Å²) in [4.78, 5) is 14.7. The number of hydrazine groups is 1. The average Bonchev–Trinajstić information content (AvgIpc) is 3.12. The fourth-order valence-corrected chi connectivity index (χ4v) is 3.47. The van der Waals surface area contributed by atoms with Gasteiger partial charge in [-0.25, -0.2) is 18.6 Å². The number of rotatable bonds is 7. The Morgan fingerprint density at radius 2 is 1.93 bits per heavy atom. The van der Waals surface area contributed by atoms with Crippen LogP contribution in [0.2, 0.25) is 0 Å². The molecule has 9 heteroatoms. The van der Waals surface area contributed by atoms with Gasteiger partial charge in [0.25, 0.3) is 10.0 Å². The van der Waals surface area contributed by atoms with Gasteiger partial charge in [0.2, 0.25) is 6.79 Å². The molecule has 0 radical (unpaired) electrons.